The lowest BCUT2D eigenvalue weighted by molar-refractivity contribution is -0.129. The minimum absolute atomic E-state index is 0.130. The Morgan fingerprint density at radius 2 is 1.47 bits per heavy atom. The lowest BCUT2D eigenvalue weighted by Crippen LogP contribution is -2.55. The van der Waals surface area contributed by atoms with Gasteiger partial charge in [0.25, 0.3) is 0 Å². The molecule has 1 fully saturated rings. The van der Waals surface area contributed by atoms with Crippen LogP contribution in [0.5, 0.6) is 0 Å². The highest BCUT2D eigenvalue weighted by molar-refractivity contribution is 5.78. The molecule has 0 spiro atoms. The molecule has 0 atom stereocenters. The summed E-state index contributed by atoms with van der Waals surface area (Å²) in [6, 6.07) is 20.8. The molecule has 5 heteroatoms. The predicted molar refractivity (Wildman–Crippen MR) is 141 cm³/mol. The summed E-state index contributed by atoms with van der Waals surface area (Å²) in [5.74, 6) is 0.349. The van der Waals surface area contributed by atoms with Crippen LogP contribution in [0.2, 0.25) is 0 Å². The van der Waals surface area contributed by atoms with Gasteiger partial charge in [-0.2, -0.15) is 0 Å². The molecule has 34 heavy (non-hydrogen) atoms. The molecular weight excluding hydrogens is 422 g/mol. The van der Waals surface area contributed by atoms with Crippen LogP contribution >= 0.6 is 0 Å². The first-order chi connectivity index (χ1) is 16.7. The average Bonchev–Trinajstić information content (AvgIpc) is 3.27. The van der Waals surface area contributed by atoms with E-state index < -0.39 is 0 Å². The van der Waals surface area contributed by atoms with Gasteiger partial charge in [0.1, 0.15) is 17.9 Å². The van der Waals surface area contributed by atoms with Crippen molar-refractivity contribution < 1.29 is 9.59 Å². The number of carbonyl (C=O) groups excluding carboxylic acids is 2. The standard InChI is InChI=1S/C29H41N3O2/c1-2-3-4-5-6-7-14-20-28(33)30-22-24-32(26-16-10-8-11-17-26,27-18-12-9-13-19-27)25-31-23-15-21-29(31)34/h8-13,16-19H,2-7,14-15,20-25H2,1H3/p+1. The molecule has 1 saturated heterocycles. The summed E-state index contributed by atoms with van der Waals surface area (Å²) in [6.07, 6.45) is 10.6. The van der Waals surface area contributed by atoms with E-state index in [4.69, 9.17) is 0 Å². The lowest BCUT2D eigenvalue weighted by atomic mass is 10.1. The number of hydrogen-bond donors (Lipinski definition) is 1. The fraction of sp³-hybridized carbons (Fsp3) is 0.517. The molecule has 184 valence electrons. The van der Waals surface area contributed by atoms with E-state index in [9.17, 15) is 9.59 Å². The Morgan fingerprint density at radius 1 is 0.882 bits per heavy atom. The zero-order valence-corrected chi connectivity index (χ0v) is 20.9. The monoisotopic (exact) mass is 464 g/mol. The van der Waals surface area contributed by atoms with E-state index in [1.165, 1.54) is 32.1 Å². The van der Waals surface area contributed by atoms with Gasteiger partial charge in [-0.25, -0.2) is 4.48 Å². The Kier molecular flexibility index (Phi) is 10.6. The van der Waals surface area contributed by atoms with Crippen molar-refractivity contribution in [1.29, 1.82) is 0 Å². The van der Waals surface area contributed by atoms with Crippen LogP contribution in [0.25, 0.3) is 0 Å². The number of likely N-dealkylation sites (tertiary alicyclic amines) is 1. The summed E-state index contributed by atoms with van der Waals surface area (Å²) in [5.41, 5.74) is 2.27. The van der Waals surface area contributed by atoms with Crippen molar-refractivity contribution in [3.8, 4) is 0 Å². The molecule has 2 amide bonds. The molecule has 0 aliphatic carbocycles. The Morgan fingerprint density at radius 3 is 2.03 bits per heavy atom. The number of nitrogens with one attached hydrogen (secondary N) is 1. The van der Waals surface area contributed by atoms with Crippen LogP contribution in [0.1, 0.15) is 71.1 Å². The predicted octanol–water partition coefficient (Wildman–Crippen LogP) is 6.16. The molecule has 2 aromatic rings. The first-order valence-electron chi connectivity index (χ1n) is 13.2. The summed E-state index contributed by atoms with van der Waals surface area (Å²) >= 11 is 0. The van der Waals surface area contributed by atoms with E-state index in [1.807, 2.05) is 17.0 Å². The maximum atomic E-state index is 12.6. The molecule has 1 aliphatic heterocycles. The summed E-state index contributed by atoms with van der Waals surface area (Å²) in [6.45, 7) is 4.88. The highest BCUT2D eigenvalue weighted by atomic mass is 16.2. The molecule has 1 aliphatic rings. The minimum Gasteiger partial charge on any atom is -0.350 e. The molecule has 1 heterocycles. The average molecular weight is 465 g/mol. The van der Waals surface area contributed by atoms with Crippen LogP contribution in [0.15, 0.2) is 60.7 Å². The van der Waals surface area contributed by atoms with Crippen molar-refractivity contribution in [2.75, 3.05) is 26.3 Å². The number of benzene rings is 2. The maximum absolute atomic E-state index is 12.6. The zero-order chi connectivity index (χ0) is 24.1. The third-order valence-corrected chi connectivity index (χ3v) is 6.91. The number of unbranched alkanes of at least 4 members (excludes halogenated alkanes) is 6. The van der Waals surface area contributed by atoms with Crippen molar-refractivity contribution in [2.24, 2.45) is 0 Å². The van der Waals surface area contributed by atoms with Crippen molar-refractivity contribution in [1.82, 2.24) is 14.7 Å². The van der Waals surface area contributed by atoms with Crippen LogP contribution in [0, 0.1) is 0 Å². The van der Waals surface area contributed by atoms with Crippen molar-refractivity contribution in [3.05, 3.63) is 60.7 Å². The third-order valence-electron chi connectivity index (χ3n) is 6.91. The van der Waals surface area contributed by atoms with Crippen LogP contribution in [-0.4, -0.2) is 43.0 Å². The lowest BCUT2D eigenvalue weighted by Gasteiger charge is -2.40. The van der Waals surface area contributed by atoms with Gasteiger partial charge in [-0.1, -0.05) is 81.8 Å². The number of carbonyl (C=O) groups is 2. The molecule has 3 rings (SSSR count). The molecule has 0 saturated carbocycles. The van der Waals surface area contributed by atoms with Crippen molar-refractivity contribution in [2.45, 2.75) is 71.1 Å². The molecule has 0 bridgehead atoms. The van der Waals surface area contributed by atoms with E-state index in [1.54, 1.807) is 0 Å². The summed E-state index contributed by atoms with van der Waals surface area (Å²) < 4.78 is 0.519. The first kappa shape index (κ1) is 26.0. The van der Waals surface area contributed by atoms with Gasteiger partial charge in [0.05, 0.1) is 6.54 Å². The molecule has 0 radical (unpaired) electrons. The Bertz CT molecular complexity index is 830. The summed E-state index contributed by atoms with van der Waals surface area (Å²) in [7, 11) is 0. The van der Waals surface area contributed by atoms with Gasteiger partial charge in [-0.05, 0) is 37.1 Å². The van der Waals surface area contributed by atoms with Crippen molar-refractivity contribution >= 4 is 23.2 Å². The number of para-hydroxylation sites is 2. The minimum atomic E-state index is 0.130. The number of amides is 2. The molecule has 0 unspecified atom stereocenters. The van der Waals surface area contributed by atoms with Gasteiger partial charge in [0, 0.05) is 19.4 Å². The molecular formula is C29H42N3O2+. The number of rotatable bonds is 15. The first-order valence-corrected chi connectivity index (χ1v) is 13.2. The number of nitrogens with zero attached hydrogens (tertiary/aromatic N) is 2. The van der Waals surface area contributed by atoms with Crippen molar-refractivity contribution in [3.63, 3.8) is 0 Å². The van der Waals surface area contributed by atoms with Crippen LogP contribution in [0.4, 0.5) is 11.4 Å². The highest BCUT2D eigenvalue weighted by Gasteiger charge is 2.38. The van der Waals surface area contributed by atoms with E-state index in [2.05, 4.69) is 60.8 Å². The van der Waals surface area contributed by atoms with Gasteiger partial charge in [0.15, 0.2) is 6.67 Å². The molecule has 5 nitrogen and oxygen atoms in total. The number of hydrogen-bond acceptors (Lipinski definition) is 2. The van der Waals surface area contributed by atoms with E-state index >= 15 is 0 Å². The van der Waals surface area contributed by atoms with E-state index in [-0.39, 0.29) is 11.8 Å². The highest BCUT2D eigenvalue weighted by Crippen LogP contribution is 2.35. The van der Waals surface area contributed by atoms with Gasteiger partial charge >= 0.3 is 0 Å². The number of quaternary nitrogens is 1. The third kappa shape index (κ3) is 7.42. The topological polar surface area (TPSA) is 49.4 Å². The second-order valence-corrected chi connectivity index (χ2v) is 9.49. The second kappa shape index (κ2) is 13.9. The Hall–Kier alpha value is -2.66. The molecule has 1 N–H and O–H groups in total. The van der Waals surface area contributed by atoms with Gasteiger partial charge in [-0.3, -0.25) is 14.5 Å². The second-order valence-electron chi connectivity index (χ2n) is 9.49. The molecule has 2 aromatic carbocycles. The smallest absolute Gasteiger partial charge is 0.226 e. The molecule has 0 aromatic heterocycles. The SMILES string of the molecule is CCCCCCCCCC(=O)NCC[N+](CN1CCCC1=O)(c1ccccc1)c1ccccc1. The fourth-order valence-corrected chi connectivity index (χ4v) is 4.93. The largest absolute Gasteiger partial charge is 0.350 e. The van der Waals surface area contributed by atoms with E-state index in [0.717, 1.165) is 37.2 Å². The fourth-order valence-electron chi connectivity index (χ4n) is 4.93. The quantitative estimate of drug-likeness (QED) is 0.253. The summed E-state index contributed by atoms with van der Waals surface area (Å²) in [5, 5.41) is 3.17. The van der Waals surface area contributed by atoms with Crippen LogP contribution < -0.4 is 9.80 Å². The van der Waals surface area contributed by atoms with Gasteiger partial charge in [0.2, 0.25) is 11.8 Å². The maximum Gasteiger partial charge on any atom is 0.226 e. The normalized spacial score (nSPS) is 13.9. The zero-order valence-electron chi connectivity index (χ0n) is 20.9. The van der Waals surface area contributed by atoms with Crippen LogP contribution in [0.3, 0.4) is 0 Å². The summed E-state index contributed by atoms with van der Waals surface area (Å²) in [4.78, 5) is 27.1. The van der Waals surface area contributed by atoms with Crippen LogP contribution in [-0.2, 0) is 9.59 Å². The van der Waals surface area contributed by atoms with Gasteiger partial charge < -0.3 is 5.32 Å². The Labute approximate surface area is 205 Å². The Balaban J connectivity index is 1.65. The van der Waals surface area contributed by atoms with Gasteiger partial charge in [-0.15, -0.1) is 0 Å². The van der Waals surface area contributed by atoms with E-state index in [0.29, 0.717) is 37.1 Å².